The molecule has 0 aliphatic rings. The van der Waals surface area contributed by atoms with E-state index >= 15 is 0 Å². The number of benzene rings is 2. The van der Waals surface area contributed by atoms with Crippen molar-refractivity contribution < 1.29 is 14.3 Å². The molecule has 0 aliphatic carbocycles. The fourth-order valence-electron chi connectivity index (χ4n) is 1.75. The van der Waals surface area contributed by atoms with Crippen molar-refractivity contribution in [1.29, 1.82) is 0 Å². The van der Waals surface area contributed by atoms with Crippen molar-refractivity contribution in [3.8, 4) is 5.75 Å². The van der Waals surface area contributed by atoms with Crippen molar-refractivity contribution >= 4 is 23.2 Å². The number of carbonyl (C=O) groups is 2. The zero-order chi connectivity index (χ0) is 15.8. The summed E-state index contributed by atoms with van der Waals surface area (Å²) in [5.74, 6) is 0.359. The van der Waals surface area contributed by atoms with Gasteiger partial charge in [0, 0.05) is 17.8 Å². The van der Waals surface area contributed by atoms with Crippen molar-refractivity contribution in [3.05, 3.63) is 54.6 Å². The van der Waals surface area contributed by atoms with Gasteiger partial charge in [0.2, 0.25) is 5.91 Å². The van der Waals surface area contributed by atoms with Crippen LogP contribution in [0.2, 0.25) is 0 Å². The van der Waals surface area contributed by atoms with Gasteiger partial charge in [0.15, 0.2) is 6.61 Å². The van der Waals surface area contributed by atoms with E-state index in [0.29, 0.717) is 23.5 Å². The van der Waals surface area contributed by atoms with Crippen LogP contribution in [0.4, 0.5) is 11.4 Å². The quantitative estimate of drug-likeness (QED) is 0.861. The van der Waals surface area contributed by atoms with Gasteiger partial charge in [0.05, 0.1) is 0 Å². The maximum atomic E-state index is 11.8. The van der Waals surface area contributed by atoms with Crippen LogP contribution in [0, 0.1) is 0 Å². The molecule has 2 aromatic rings. The molecule has 114 valence electrons. The maximum absolute atomic E-state index is 11.8. The molecule has 2 amide bonds. The van der Waals surface area contributed by atoms with E-state index in [4.69, 9.17) is 4.74 Å². The zero-order valence-corrected chi connectivity index (χ0v) is 12.3. The molecular formula is C17H18N2O3. The summed E-state index contributed by atoms with van der Waals surface area (Å²) >= 11 is 0. The van der Waals surface area contributed by atoms with Gasteiger partial charge in [0.25, 0.3) is 5.91 Å². The molecule has 0 atom stereocenters. The number of hydrogen-bond donors (Lipinski definition) is 2. The summed E-state index contributed by atoms with van der Waals surface area (Å²) < 4.78 is 5.36. The molecule has 0 aromatic heterocycles. The normalized spacial score (nSPS) is 9.86. The average molecular weight is 298 g/mol. The Morgan fingerprint density at radius 1 is 0.864 bits per heavy atom. The van der Waals surface area contributed by atoms with E-state index in [1.807, 2.05) is 18.2 Å². The zero-order valence-electron chi connectivity index (χ0n) is 12.3. The van der Waals surface area contributed by atoms with Crippen molar-refractivity contribution in [2.75, 3.05) is 17.2 Å². The number of ether oxygens (including phenoxy) is 1. The first-order chi connectivity index (χ1) is 10.7. The van der Waals surface area contributed by atoms with E-state index in [-0.39, 0.29) is 18.4 Å². The number of carbonyl (C=O) groups excluding carboxylic acids is 2. The Morgan fingerprint density at radius 2 is 1.41 bits per heavy atom. The molecule has 2 aromatic carbocycles. The van der Waals surface area contributed by atoms with E-state index in [2.05, 4.69) is 10.6 Å². The summed E-state index contributed by atoms with van der Waals surface area (Å²) in [4.78, 5) is 23.1. The van der Waals surface area contributed by atoms with Gasteiger partial charge >= 0.3 is 0 Å². The Hall–Kier alpha value is -2.82. The molecule has 0 radical (unpaired) electrons. The van der Waals surface area contributed by atoms with Gasteiger partial charge in [-0.2, -0.15) is 0 Å². The second-order valence-electron chi connectivity index (χ2n) is 4.63. The van der Waals surface area contributed by atoms with Gasteiger partial charge in [-0.1, -0.05) is 25.1 Å². The maximum Gasteiger partial charge on any atom is 0.262 e. The Bertz CT molecular complexity index is 624. The third-order valence-electron chi connectivity index (χ3n) is 2.89. The predicted octanol–water partition coefficient (Wildman–Crippen LogP) is 3.05. The van der Waals surface area contributed by atoms with E-state index in [1.54, 1.807) is 43.3 Å². The molecule has 0 bridgehead atoms. The first-order valence-corrected chi connectivity index (χ1v) is 7.05. The van der Waals surface area contributed by atoms with Gasteiger partial charge in [-0.05, 0) is 36.4 Å². The highest BCUT2D eigenvalue weighted by Crippen LogP contribution is 2.14. The van der Waals surface area contributed by atoms with Crippen LogP contribution in [0.15, 0.2) is 54.6 Å². The lowest BCUT2D eigenvalue weighted by atomic mass is 10.2. The fourth-order valence-corrected chi connectivity index (χ4v) is 1.75. The topological polar surface area (TPSA) is 67.4 Å². The van der Waals surface area contributed by atoms with E-state index in [9.17, 15) is 9.59 Å². The SMILES string of the molecule is CCC(=O)Nc1ccc(NC(=O)COc2ccccc2)cc1. The number of para-hydroxylation sites is 1. The van der Waals surface area contributed by atoms with Crippen LogP contribution in [0.1, 0.15) is 13.3 Å². The lowest BCUT2D eigenvalue weighted by molar-refractivity contribution is -0.118. The van der Waals surface area contributed by atoms with Gasteiger partial charge < -0.3 is 15.4 Å². The van der Waals surface area contributed by atoms with Crippen molar-refractivity contribution in [2.24, 2.45) is 0 Å². The fraction of sp³-hybridized carbons (Fsp3) is 0.176. The van der Waals surface area contributed by atoms with Crippen LogP contribution in [0.5, 0.6) is 5.75 Å². The third kappa shape index (κ3) is 4.94. The minimum Gasteiger partial charge on any atom is -0.484 e. The average Bonchev–Trinajstić information content (AvgIpc) is 2.55. The molecule has 0 spiro atoms. The monoisotopic (exact) mass is 298 g/mol. The lowest BCUT2D eigenvalue weighted by Gasteiger charge is -2.08. The predicted molar refractivity (Wildman–Crippen MR) is 85.9 cm³/mol. The Morgan fingerprint density at radius 3 is 1.95 bits per heavy atom. The van der Waals surface area contributed by atoms with E-state index in [0.717, 1.165) is 0 Å². The molecule has 22 heavy (non-hydrogen) atoms. The van der Waals surface area contributed by atoms with Gasteiger partial charge in [-0.25, -0.2) is 0 Å². The Balaban J connectivity index is 1.82. The molecule has 0 aliphatic heterocycles. The minimum atomic E-state index is -0.241. The summed E-state index contributed by atoms with van der Waals surface area (Å²) in [6, 6.07) is 16.1. The highest BCUT2D eigenvalue weighted by Gasteiger charge is 2.04. The lowest BCUT2D eigenvalue weighted by Crippen LogP contribution is -2.20. The van der Waals surface area contributed by atoms with Crippen LogP contribution in [0.25, 0.3) is 0 Å². The van der Waals surface area contributed by atoms with Crippen molar-refractivity contribution in [2.45, 2.75) is 13.3 Å². The number of amides is 2. The molecule has 0 saturated heterocycles. The smallest absolute Gasteiger partial charge is 0.262 e. The number of nitrogens with one attached hydrogen (secondary N) is 2. The van der Waals surface area contributed by atoms with Crippen molar-refractivity contribution in [3.63, 3.8) is 0 Å². The highest BCUT2D eigenvalue weighted by atomic mass is 16.5. The van der Waals surface area contributed by atoms with Crippen LogP contribution >= 0.6 is 0 Å². The summed E-state index contributed by atoms with van der Waals surface area (Å²) in [5, 5.41) is 5.47. The van der Waals surface area contributed by atoms with Crippen LogP contribution in [-0.2, 0) is 9.59 Å². The Labute approximate surface area is 129 Å². The minimum absolute atomic E-state index is 0.0481. The summed E-state index contributed by atoms with van der Waals surface area (Å²) in [7, 11) is 0. The van der Waals surface area contributed by atoms with E-state index < -0.39 is 0 Å². The first kappa shape index (κ1) is 15.6. The standard InChI is InChI=1S/C17H18N2O3/c1-2-16(20)18-13-8-10-14(11-9-13)19-17(21)12-22-15-6-4-3-5-7-15/h3-11H,2,12H2,1H3,(H,18,20)(H,19,21). The number of hydrogen-bond acceptors (Lipinski definition) is 3. The summed E-state index contributed by atoms with van der Waals surface area (Å²) in [6.07, 6.45) is 0.426. The molecule has 0 saturated carbocycles. The molecule has 5 nitrogen and oxygen atoms in total. The third-order valence-corrected chi connectivity index (χ3v) is 2.89. The van der Waals surface area contributed by atoms with Gasteiger partial charge in [0.1, 0.15) is 5.75 Å². The molecule has 2 N–H and O–H groups in total. The van der Waals surface area contributed by atoms with Crippen molar-refractivity contribution in [1.82, 2.24) is 0 Å². The summed E-state index contributed by atoms with van der Waals surface area (Å²) in [5.41, 5.74) is 1.35. The van der Waals surface area contributed by atoms with Gasteiger partial charge in [-0.3, -0.25) is 9.59 Å². The number of rotatable bonds is 6. The molecule has 5 heteroatoms. The second-order valence-corrected chi connectivity index (χ2v) is 4.63. The van der Waals surface area contributed by atoms with Crippen LogP contribution in [0.3, 0.4) is 0 Å². The highest BCUT2D eigenvalue weighted by molar-refractivity contribution is 5.93. The largest absolute Gasteiger partial charge is 0.484 e. The Kier molecular flexibility index (Phi) is 5.54. The molecule has 2 rings (SSSR count). The molecule has 0 fully saturated rings. The van der Waals surface area contributed by atoms with Crippen LogP contribution in [-0.4, -0.2) is 18.4 Å². The second kappa shape index (κ2) is 7.83. The van der Waals surface area contributed by atoms with E-state index in [1.165, 1.54) is 0 Å². The van der Waals surface area contributed by atoms with Gasteiger partial charge in [-0.15, -0.1) is 0 Å². The van der Waals surface area contributed by atoms with Crippen LogP contribution < -0.4 is 15.4 Å². The number of anilines is 2. The molecule has 0 heterocycles. The summed E-state index contributed by atoms with van der Waals surface area (Å²) in [6.45, 7) is 1.73. The molecule has 0 unspecified atom stereocenters. The molecular weight excluding hydrogens is 280 g/mol. The first-order valence-electron chi connectivity index (χ1n) is 7.05.